The highest BCUT2D eigenvalue weighted by Crippen LogP contribution is 2.28. The van der Waals surface area contributed by atoms with Gasteiger partial charge in [0.2, 0.25) is 15.2 Å². The second-order valence-corrected chi connectivity index (χ2v) is 8.46. The molecular formula is C13H15F2N3O2S2. The van der Waals surface area contributed by atoms with Crippen LogP contribution in [0.25, 0.3) is 0 Å². The highest BCUT2D eigenvalue weighted by atomic mass is 32.2. The zero-order valence-corrected chi connectivity index (χ0v) is 13.9. The summed E-state index contributed by atoms with van der Waals surface area (Å²) in [4.78, 5) is 0. The van der Waals surface area contributed by atoms with Crippen molar-refractivity contribution in [3.05, 3.63) is 40.4 Å². The molecule has 0 radical (unpaired) electrons. The van der Waals surface area contributed by atoms with E-state index in [9.17, 15) is 17.2 Å². The molecule has 0 fully saturated rings. The smallest absolute Gasteiger partial charge is 0.238 e. The Morgan fingerprint density at radius 3 is 2.45 bits per heavy atom. The third kappa shape index (κ3) is 4.20. The van der Waals surface area contributed by atoms with Crippen LogP contribution >= 0.6 is 11.3 Å². The maximum Gasteiger partial charge on any atom is 0.238 e. The van der Waals surface area contributed by atoms with Crippen LogP contribution in [0, 0.1) is 11.6 Å². The Morgan fingerprint density at radius 2 is 1.91 bits per heavy atom. The summed E-state index contributed by atoms with van der Waals surface area (Å²) in [5.74, 6) is -2.27. The van der Waals surface area contributed by atoms with E-state index in [1.165, 1.54) is 0 Å². The van der Waals surface area contributed by atoms with Crippen LogP contribution in [-0.2, 0) is 21.2 Å². The predicted molar refractivity (Wildman–Crippen MR) is 81.2 cm³/mol. The van der Waals surface area contributed by atoms with Gasteiger partial charge in [-0.3, -0.25) is 4.72 Å². The van der Waals surface area contributed by atoms with Crippen molar-refractivity contribution in [1.82, 2.24) is 10.2 Å². The molecule has 0 amide bonds. The quantitative estimate of drug-likeness (QED) is 0.923. The minimum atomic E-state index is -3.86. The van der Waals surface area contributed by atoms with Crippen LogP contribution < -0.4 is 4.72 Å². The van der Waals surface area contributed by atoms with Crippen LogP contribution in [0.5, 0.6) is 0 Å². The summed E-state index contributed by atoms with van der Waals surface area (Å²) >= 11 is 1.12. The first kappa shape index (κ1) is 16.8. The van der Waals surface area contributed by atoms with E-state index in [0.29, 0.717) is 11.1 Å². The number of nitrogens with zero attached hydrogens (tertiary/aromatic N) is 2. The van der Waals surface area contributed by atoms with E-state index < -0.39 is 27.4 Å². The van der Waals surface area contributed by atoms with Crippen molar-refractivity contribution in [3.63, 3.8) is 0 Å². The summed E-state index contributed by atoms with van der Waals surface area (Å²) in [6, 6.07) is 2.76. The number of hydrogen-bond acceptors (Lipinski definition) is 5. The molecule has 0 saturated carbocycles. The topological polar surface area (TPSA) is 72.0 Å². The predicted octanol–water partition coefficient (Wildman–Crippen LogP) is 3.06. The highest BCUT2D eigenvalue weighted by Gasteiger charge is 2.22. The van der Waals surface area contributed by atoms with Crippen molar-refractivity contribution >= 4 is 26.5 Å². The van der Waals surface area contributed by atoms with E-state index in [1.54, 1.807) is 0 Å². The summed E-state index contributed by atoms with van der Waals surface area (Å²) in [6.07, 6.45) is 0. The third-order valence-corrected chi connectivity index (χ3v) is 5.26. The number of nitrogens with one attached hydrogen (secondary N) is 1. The third-order valence-electron chi connectivity index (χ3n) is 2.67. The van der Waals surface area contributed by atoms with Gasteiger partial charge in [-0.05, 0) is 6.07 Å². The van der Waals surface area contributed by atoms with Gasteiger partial charge in [0.15, 0.2) is 0 Å². The Balaban J connectivity index is 2.16. The van der Waals surface area contributed by atoms with E-state index in [2.05, 4.69) is 14.9 Å². The van der Waals surface area contributed by atoms with Gasteiger partial charge in [-0.2, -0.15) is 0 Å². The van der Waals surface area contributed by atoms with Crippen molar-refractivity contribution in [2.24, 2.45) is 0 Å². The summed E-state index contributed by atoms with van der Waals surface area (Å²) in [6.45, 7) is 5.79. The lowest BCUT2D eigenvalue weighted by Crippen LogP contribution is -2.15. The molecule has 2 aromatic rings. The molecule has 0 saturated heterocycles. The molecule has 1 N–H and O–H groups in total. The fourth-order valence-corrected chi connectivity index (χ4v) is 3.80. The SMILES string of the molecule is CC(C)(C)c1nnc(NS(=O)(=O)Cc2ccc(F)cc2F)s1. The van der Waals surface area contributed by atoms with E-state index in [4.69, 9.17) is 0 Å². The molecule has 2 rings (SSSR count). The summed E-state index contributed by atoms with van der Waals surface area (Å²) in [7, 11) is -3.86. The monoisotopic (exact) mass is 347 g/mol. The summed E-state index contributed by atoms with van der Waals surface area (Å²) in [5, 5.41) is 8.49. The summed E-state index contributed by atoms with van der Waals surface area (Å²) < 4.78 is 52.7. The number of rotatable bonds is 4. The number of benzene rings is 1. The normalized spacial score (nSPS) is 12.4. The molecule has 0 aliphatic carbocycles. The van der Waals surface area contributed by atoms with Gasteiger partial charge in [-0.15, -0.1) is 10.2 Å². The molecule has 0 aliphatic rings. The Bertz CT molecular complexity index is 783. The summed E-state index contributed by atoms with van der Waals surface area (Å²) in [5.41, 5.74) is -0.362. The van der Waals surface area contributed by atoms with Crippen LogP contribution in [0.15, 0.2) is 18.2 Å². The molecule has 1 heterocycles. The van der Waals surface area contributed by atoms with Crippen molar-refractivity contribution in [1.29, 1.82) is 0 Å². The van der Waals surface area contributed by atoms with Crippen LogP contribution in [0.1, 0.15) is 31.3 Å². The first-order chi connectivity index (χ1) is 10.1. The molecule has 9 heteroatoms. The molecule has 22 heavy (non-hydrogen) atoms. The number of aromatic nitrogens is 2. The van der Waals surface area contributed by atoms with Gasteiger partial charge in [-0.25, -0.2) is 17.2 Å². The van der Waals surface area contributed by atoms with Crippen LogP contribution in [0.3, 0.4) is 0 Å². The van der Waals surface area contributed by atoms with Crippen molar-refractivity contribution in [2.75, 3.05) is 4.72 Å². The van der Waals surface area contributed by atoms with Gasteiger partial charge in [0.05, 0.1) is 5.75 Å². The largest absolute Gasteiger partial charge is 0.257 e. The van der Waals surface area contributed by atoms with Gasteiger partial charge >= 0.3 is 0 Å². The molecule has 5 nitrogen and oxygen atoms in total. The van der Waals surface area contributed by atoms with Gasteiger partial charge in [0.25, 0.3) is 0 Å². The van der Waals surface area contributed by atoms with Gasteiger partial charge < -0.3 is 0 Å². The lowest BCUT2D eigenvalue weighted by molar-refractivity contribution is 0.570. The molecule has 120 valence electrons. The molecule has 1 aromatic heterocycles. The number of halogens is 2. The fourth-order valence-electron chi connectivity index (χ4n) is 1.58. The van der Waals surface area contributed by atoms with E-state index in [-0.39, 0.29) is 16.1 Å². The van der Waals surface area contributed by atoms with Gasteiger partial charge in [0, 0.05) is 17.0 Å². The maximum absolute atomic E-state index is 13.5. The fraction of sp³-hybridized carbons (Fsp3) is 0.385. The molecule has 1 aromatic carbocycles. The number of anilines is 1. The first-order valence-electron chi connectivity index (χ1n) is 6.35. The Hall–Kier alpha value is -1.61. The molecule has 0 aliphatic heterocycles. The lowest BCUT2D eigenvalue weighted by atomic mass is 9.98. The second-order valence-electron chi connectivity index (χ2n) is 5.76. The van der Waals surface area contributed by atoms with Crippen molar-refractivity contribution in [2.45, 2.75) is 31.9 Å². The van der Waals surface area contributed by atoms with Crippen LogP contribution in [0.4, 0.5) is 13.9 Å². The Morgan fingerprint density at radius 1 is 1.23 bits per heavy atom. The average Bonchev–Trinajstić information content (AvgIpc) is 2.80. The van der Waals surface area contributed by atoms with E-state index in [1.807, 2.05) is 20.8 Å². The van der Waals surface area contributed by atoms with E-state index >= 15 is 0 Å². The van der Waals surface area contributed by atoms with E-state index in [0.717, 1.165) is 23.5 Å². The molecule has 0 atom stereocenters. The Labute approximate surface area is 131 Å². The minimum absolute atomic E-state index is 0.116. The zero-order valence-electron chi connectivity index (χ0n) is 12.2. The van der Waals surface area contributed by atoms with Gasteiger partial charge in [0.1, 0.15) is 16.6 Å². The maximum atomic E-state index is 13.5. The standard InChI is InChI=1S/C13H15F2N3O2S2/c1-13(2,3)11-16-17-12(21-11)18-22(19,20)7-8-4-5-9(14)6-10(8)15/h4-6H,7H2,1-3H3,(H,17,18). The molecule has 0 bridgehead atoms. The highest BCUT2D eigenvalue weighted by molar-refractivity contribution is 7.92. The minimum Gasteiger partial charge on any atom is -0.257 e. The number of sulfonamides is 1. The number of hydrogen-bond donors (Lipinski definition) is 1. The second kappa shape index (κ2) is 5.88. The van der Waals surface area contributed by atoms with Crippen molar-refractivity contribution in [3.8, 4) is 0 Å². The lowest BCUT2D eigenvalue weighted by Gasteiger charge is -2.12. The zero-order chi connectivity index (χ0) is 16.5. The van der Waals surface area contributed by atoms with Crippen molar-refractivity contribution < 1.29 is 17.2 Å². The molecule has 0 unspecified atom stereocenters. The molecular weight excluding hydrogens is 332 g/mol. The average molecular weight is 347 g/mol. The first-order valence-corrected chi connectivity index (χ1v) is 8.82. The molecule has 0 spiro atoms. The van der Waals surface area contributed by atoms with Crippen LogP contribution in [-0.4, -0.2) is 18.6 Å². The van der Waals surface area contributed by atoms with Gasteiger partial charge in [-0.1, -0.05) is 38.2 Å². The van der Waals surface area contributed by atoms with Crippen LogP contribution in [0.2, 0.25) is 0 Å². The Kier molecular flexibility index (Phi) is 4.48.